The standard InChI is InChI=1S/C23H28N4O2/c1-18-16-25(17-19-4-3-5-21(14-19)29-2)12-13-27(18)23(28)8-11-26-10-7-20-6-9-24-15-22(20)26/h3-7,9-10,14-15,18H,8,11-13,16-17H2,1-2H3. The summed E-state index contributed by atoms with van der Waals surface area (Å²) in [7, 11) is 1.69. The Morgan fingerprint density at radius 2 is 2.14 bits per heavy atom. The number of benzene rings is 1. The van der Waals surface area contributed by atoms with Gasteiger partial charge in [0.2, 0.25) is 5.91 Å². The highest BCUT2D eigenvalue weighted by molar-refractivity contribution is 5.80. The number of pyridine rings is 1. The lowest BCUT2D eigenvalue weighted by Crippen LogP contribution is -2.53. The number of carbonyl (C=O) groups excluding carboxylic acids is 1. The van der Waals surface area contributed by atoms with E-state index >= 15 is 0 Å². The van der Waals surface area contributed by atoms with E-state index in [-0.39, 0.29) is 11.9 Å². The molecule has 1 atom stereocenters. The first-order valence-corrected chi connectivity index (χ1v) is 10.2. The molecule has 1 aromatic carbocycles. The Hall–Kier alpha value is -2.86. The number of aryl methyl sites for hydroxylation is 1. The summed E-state index contributed by atoms with van der Waals surface area (Å²) in [5.74, 6) is 1.11. The number of ether oxygens (including phenoxy) is 1. The van der Waals surface area contributed by atoms with Crippen molar-refractivity contribution in [1.82, 2.24) is 19.4 Å². The molecule has 3 aromatic rings. The summed E-state index contributed by atoms with van der Waals surface area (Å²) in [5, 5.41) is 1.16. The first-order valence-electron chi connectivity index (χ1n) is 10.2. The lowest BCUT2D eigenvalue weighted by atomic mass is 10.1. The van der Waals surface area contributed by atoms with Crippen LogP contribution in [0.4, 0.5) is 0 Å². The number of hydrogen-bond donors (Lipinski definition) is 0. The number of carbonyl (C=O) groups is 1. The van der Waals surface area contributed by atoms with Gasteiger partial charge in [0, 0.05) is 63.0 Å². The van der Waals surface area contributed by atoms with E-state index in [9.17, 15) is 4.79 Å². The van der Waals surface area contributed by atoms with Gasteiger partial charge in [0.1, 0.15) is 5.75 Å². The van der Waals surface area contributed by atoms with Crippen molar-refractivity contribution >= 4 is 16.8 Å². The van der Waals surface area contributed by atoms with Gasteiger partial charge >= 0.3 is 0 Å². The van der Waals surface area contributed by atoms with Crippen molar-refractivity contribution < 1.29 is 9.53 Å². The lowest BCUT2D eigenvalue weighted by molar-refractivity contribution is -0.136. The number of rotatable bonds is 6. The van der Waals surface area contributed by atoms with Crippen LogP contribution >= 0.6 is 0 Å². The van der Waals surface area contributed by atoms with Gasteiger partial charge in [-0.2, -0.15) is 0 Å². The van der Waals surface area contributed by atoms with Crippen LogP contribution in [0.1, 0.15) is 18.9 Å². The van der Waals surface area contributed by atoms with E-state index in [1.54, 1.807) is 13.3 Å². The maximum Gasteiger partial charge on any atom is 0.224 e. The van der Waals surface area contributed by atoms with Gasteiger partial charge in [0.15, 0.2) is 0 Å². The van der Waals surface area contributed by atoms with Crippen molar-refractivity contribution in [1.29, 1.82) is 0 Å². The quantitative estimate of drug-likeness (QED) is 0.647. The number of fused-ring (bicyclic) bond motifs is 1. The molecule has 29 heavy (non-hydrogen) atoms. The largest absolute Gasteiger partial charge is 0.497 e. The average molecular weight is 393 g/mol. The van der Waals surface area contributed by atoms with Crippen LogP contribution in [0.2, 0.25) is 0 Å². The Morgan fingerprint density at radius 1 is 1.24 bits per heavy atom. The summed E-state index contributed by atoms with van der Waals surface area (Å²) in [6.45, 7) is 6.27. The molecule has 4 rings (SSSR count). The predicted molar refractivity (Wildman–Crippen MR) is 114 cm³/mol. The molecule has 1 fully saturated rings. The maximum absolute atomic E-state index is 12.9. The Morgan fingerprint density at radius 3 is 2.97 bits per heavy atom. The zero-order valence-corrected chi connectivity index (χ0v) is 17.1. The summed E-state index contributed by atoms with van der Waals surface area (Å²) < 4.78 is 7.44. The van der Waals surface area contributed by atoms with Crippen LogP contribution < -0.4 is 4.74 Å². The highest BCUT2D eigenvalue weighted by Gasteiger charge is 2.27. The average Bonchev–Trinajstić information content (AvgIpc) is 3.15. The fourth-order valence-corrected chi connectivity index (χ4v) is 4.16. The van der Waals surface area contributed by atoms with Crippen molar-refractivity contribution in [3.05, 3.63) is 60.6 Å². The Bertz CT molecular complexity index is 984. The zero-order chi connectivity index (χ0) is 20.2. The normalized spacial score (nSPS) is 17.6. The predicted octanol–water partition coefficient (Wildman–Crippen LogP) is 3.17. The van der Waals surface area contributed by atoms with Crippen LogP contribution in [0, 0.1) is 0 Å². The minimum Gasteiger partial charge on any atom is -0.497 e. The summed E-state index contributed by atoms with van der Waals surface area (Å²) in [5.41, 5.74) is 2.32. The second-order valence-electron chi connectivity index (χ2n) is 7.72. The molecule has 1 aliphatic rings. The third-order valence-corrected chi connectivity index (χ3v) is 5.72. The van der Waals surface area contributed by atoms with Crippen molar-refractivity contribution in [2.45, 2.75) is 32.5 Å². The zero-order valence-electron chi connectivity index (χ0n) is 17.1. The Kier molecular flexibility index (Phi) is 5.81. The SMILES string of the molecule is COc1cccc(CN2CCN(C(=O)CCn3ccc4ccncc43)C(C)C2)c1. The van der Waals surface area contributed by atoms with Gasteiger partial charge in [-0.3, -0.25) is 14.7 Å². The summed E-state index contributed by atoms with van der Waals surface area (Å²) in [6.07, 6.45) is 6.21. The summed E-state index contributed by atoms with van der Waals surface area (Å²) in [6, 6.07) is 12.5. The van der Waals surface area contributed by atoms with E-state index in [1.807, 2.05) is 35.5 Å². The van der Waals surface area contributed by atoms with Crippen LogP contribution in [0.3, 0.4) is 0 Å². The number of amides is 1. The fourth-order valence-electron chi connectivity index (χ4n) is 4.16. The smallest absolute Gasteiger partial charge is 0.224 e. The molecule has 1 amide bonds. The van der Waals surface area contributed by atoms with E-state index in [0.717, 1.165) is 42.8 Å². The molecule has 1 unspecified atom stereocenters. The molecular formula is C23H28N4O2. The van der Waals surface area contributed by atoms with Gasteiger partial charge in [0.05, 0.1) is 18.8 Å². The van der Waals surface area contributed by atoms with E-state index in [4.69, 9.17) is 4.74 Å². The Labute approximate surface area is 171 Å². The van der Waals surface area contributed by atoms with Gasteiger partial charge in [-0.25, -0.2) is 0 Å². The number of piperazine rings is 1. The van der Waals surface area contributed by atoms with E-state index < -0.39 is 0 Å². The van der Waals surface area contributed by atoms with Gasteiger partial charge in [-0.15, -0.1) is 0 Å². The van der Waals surface area contributed by atoms with E-state index in [1.165, 1.54) is 5.56 Å². The van der Waals surface area contributed by atoms with Gasteiger partial charge < -0.3 is 14.2 Å². The number of nitrogens with zero attached hydrogens (tertiary/aromatic N) is 4. The molecule has 0 N–H and O–H groups in total. The van der Waals surface area contributed by atoms with Gasteiger partial charge in [0.25, 0.3) is 0 Å². The molecule has 0 saturated carbocycles. The Balaban J connectivity index is 1.31. The molecular weight excluding hydrogens is 364 g/mol. The third kappa shape index (κ3) is 4.43. The molecule has 0 radical (unpaired) electrons. The van der Waals surface area contributed by atoms with Crippen LogP contribution in [-0.4, -0.2) is 58.0 Å². The highest BCUT2D eigenvalue weighted by Crippen LogP contribution is 2.19. The molecule has 2 aromatic heterocycles. The van der Waals surface area contributed by atoms with Crippen LogP contribution in [0.25, 0.3) is 10.9 Å². The summed E-state index contributed by atoms with van der Waals surface area (Å²) >= 11 is 0. The first kappa shape index (κ1) is 19.5. The van der Waals surface area contributed by atoms with Crippen molar-refractivity contribution in [3.63, 3.8) is 0 Å². The molecule has 6 heteroatoms. The number of aromatic nitrogens is 2. The van der Waals surface area contributed by atoms with E-state index in [2.05, 4.69) is 39.6 Å². The lowest BCUT2D eigenvalue weighted by Gasteiger charge is -2.40. The molecule has 3 heterocycles. The van der Waals surface area contributed by atoms with Crippen molar-refractivity contribution in [2.75, 3.05) is 26.7 Å². The van der Waals surface area contributed by atoms with Crippen LogP contribution in [-0.2, 0) is 17.9 Å². The summed E-state index contributed by atoms with van der Waals surface area (Å²) in [4.78, 5) is 21.5. The highest BCUT2D eigenvalue weighted by atomic mass is 16.5. The number of methoxy groups -OCH3 is 1. The second kappa shape index (κ2) is 8.66. The van der Waals surface area contributed by atoms with Crippen LogP contribution in [0.5, 0.6) is 5.75 Å². The van der Waals surface area contributed by atoms with Gasteiger partial charge in [-0.05, 0) is 36.8 Å². The fraction of sp³-hybridized carbons (Fsp3) is 0.391. The first-order chi connectivity index (χ1) is 14.1. The molecule has 0 bridgehead atoms. The molecule has 1 saturated heterocycles. The minimum atomic E-state index is 0.213. The van der Waals surface area contributed by atoms with Crippen molar-refractivity contribution in [2.24, 2.45) is 0 Å². The molecule has 0 aliphatic carbocycles. The molecule has 152 valence electrons. The maximum atomic E-state index is 12.9. The number of hydrogen-bond acceptors (Lipinski definition) is 4. The van der Waals surface area contributed by atoms with Crippen LogP contribution in [0.15, 0.2) is 55.0 Å². The van der Waals surface area contributed by atoms with E-state index in [0.29, 0.717) is 13.0 Å². The van der Waals surface area contributed by atoms with Gasteiger partial charge in [-0.1, -0.05) is 12.1 Å². The molecule has 0 spiro atoms. The second-order valence-corrected chi connectivity index (χ2v) is 7.72. The molecule has 6 nitrogen and oxygen atoms in total. The minimum absolute atomic E-state index is 0.213. The monoisotopic (exact) mass is 392 g/mol. The third-order valence-electron chi connectivity index (χ3n) is 5.72. The van der Waals surface area contributed by atoms with Crippen molar-refractivity contribution in [3.8, 4) is 5.75 Å². The topological polar surface area (TPSA) is 50.6 Å². The molecule has 1 aliphatic heterocycles.